The van der Waals surface area contributed by atoms with Gasteiger partial charge in [-0.3, -0.25) is 14.4 Å². The molecule has 2 aromatic rings. The fourth-order valence-corrected chi connectivity index (χ4v) is 6.00. The molecular formula is C26H41Cl2N5O3S. The van der Waals surface area contributed by atoms with E-state index < -0.39 is 10.0 Å². The molecule has 1 aliphatic heterocycles. The molecule has 0 atom stereocenters. The number of halogens is 2. The van der Waals surface area contributed by atoms with Crippen LogP contribution in [0.1, 0.15) is 68.3 Å². The van der Waals surface area contributed by atoms with Gasteiger partial charge >= 0.3 is 0 Å². The van der Waals surface area contributed by atoms with Crippen LogP contribution in [0.25, 0.3) is 5.69 Å². The number of anilines is 1. The number of aryl methyl sites for hydroxylation is 1. The predicted octanol–water partition coefficient (Wildman–Crippen LogP) is 4.76. The van der Waals surface area contributed by atoms with Crippen molar-refractivity contribution in [2.45, 2.75) is 77.8 Å². The van der Waals surface area contributed by atoms with Crippen LogP contribution in [0.15, 0.2) is 24.3 Å². The van der Waals surface area contributed by atoms with Crippen molar-refractivity contribution in [3.8, 4) is 5.69 Å². The molecule has 1 aliphatic carbocycles. The van der Waals surface area contributed by atoms with Crippen LogP contribution in [-0.4, -0.2) is 54.4 Å². The van der Waals surface area contributed by atoms with Crippen LogP contribution < -0.4 is 10.0 Å². The Morgan fingerprint density at radius 2 is 1.62 bits per heavy atom. The van der Waals surface area contributed by atoms with Crippen molar-refractivity contribution in [1.29, 1.82) is 0 Å². The summed E-state index contributed by atoms with van der Waals surface area (Å²) >= 11 is 0. The molecule has 2 aliphatic rings. The van der Waals surface area contributed by atoms with Gasteiger partial charge in [0.25, 0.3) is 0 Å². The van der Waals surface area contributed by atoms with E-state index in [2.05, 4.69) is 21.9 Å². The third-order valence-electron chi connectivity index (χ3n) is 7.39. The van der Waals surface area contributed by atoms with Crippen LogP contribution in [0.2, 0.25) is 0 Å². The highest BCUT2D eigenvalue weighted by Gasteiger charge is 2.24. The average molecular weight is 575 g/mol. The molecule has 0 spiro atoms. The van der Waals surface area contributed by atoms with Gasteiger partial charge in [0, 0.05) is 49.0 Å². The molecule has 2 heterocycles. The monoisotopic (exact) mass is 573 g/mol. The van der Waals surface area contributed by atoms with Gasteiger partial charge < -0.3 is 5.32 Å². The van der Waals surface area contributed by atoms with E-state index in [1.807, 2.05) is 23.7 Å². The maximum Gasteiger partial charge on any atom is 0.229 e. The minimum Gasteiger partial charge on any atom is -0.353 e. The smallest absolute Gasteiger partial charge is 0.229 e. The number of amides is 1. The van der Waals surface area contributed by atoms with Crippen LogP contribution in [-0.2, 0) is 21.4 Å². The van der Waals surface area contributed by atoms with Gasteiger partial charge in [-0.15, -0.1) is 24.8 Å². The standard InChI is InChI=1S/C26H39N5O3S.2ClH/c1-19-25(20(2)31(28-19)24-11-9-23(10-12-24)29-35(3,33)34)18-30-15-13-22(14-16-30)27-26(32)17-21-7-5-4-6-8-21;;/h9-12,21-22,29H,4-8,13-18H2,1-3H3,(H,27,32);2*1H. The number of piperidine rings is 1. The van der Waals surface area contributed by atoms with Crippen molar-refractivity contribution in [3.63, 3.8) is 0 Å². The van der Waals surface area contributed by atoms with Crippen molar-refractivity contribution in [2.24, 2.45) is 5.92 Å². The lowest BCUT2D eigenvalue weighted by atomic mass is 9.86. The van der Waals surface area contributed by atoms with Gasteiger partial charge in [-0.2, -0.15) is 5.10 Å². The summed E-state index contributed by atoms with van der Waals surface area (Å²) in [6, 6.07) is 7.53. The fraction of sp³-hybridized carbons (Fsp3) is 0.615. The van der Waals surface area contributed by atoms with Crippen molar-refractivity contribution < 1.29 is 13.2 Å². The lowest BCUT2D eigenvalue weighted by Crippen LogP contribution is -2.44. The second-order valence-electron chi connectivity index (χ2n) is 10.3. The first kappa shape index (κ1) is 31.4. The summed E-state index contributed by atoms with van der Waals surface area (Å²) in [5, 5.41) is 8.05. The molecule has 1 saturated heterocycles. The summed E-state index contributed by atoms with van der Waals surface area (Å²) < 4.78 is 27.3. The number of hydrogen-bond acceptors (Lipinski definition) is 5. The van der Waals surface area contributed by atoms with E-state index in [0.29, 0.717) is 18.0 Å². The number of carbonyl (C=O) groups is 1. The highest BCUT2D eigenvalue weighted by molar-refractivity contribution is 7.92. The SMILES string of the molecule is Cc1nn(-c2ccc(NS(C)(=O)=O)cc2)c(C)c1CN1CCC(NC(=O)CC2CCCCC2)CC1.Cl.Cl. The maximum absolute atomic E-state index is 12.5. The van der Waals surface area contributed by atoms with Gasteiger partial charge in [-0.25, -0.2) is 13.1 Å². The molecule has 208 valence electrons. The van der Waals surface area contributed by atoms with E-state index in [-0.39, 0.29) is 36.8 Å². The number of hydrogen-bond donors (Lipinski definition) is 2. The number of benzene rings is 1. The van der Waals surface area contributed by atoms with Crippen LogP contribution in [0.3, 0.4) is 0 Å². The Morgan fingerprint density at radius 1 is 1.00 bits per heavy atom. The highest BCUT2D eigenvalue weighted by atomic mass is 35.5. The molecule has 1 amide bonds. The van der Waals surface area contributed by atoms with E-state index in [1.54, 1.807) is 12.1 Å². The molecule has 11 heteroatoms. The first-order valence-electron chi connectivity index (χ1n) is 12.8. The minimum absolute atomic E-state index is 0. The zero-order valence-electron chi connectivity index (χ0n) is 22.0. The maximum atomic E-state index is 12.5. The van der Waals surface area contributed by atoms with Gasteiger partial charge in [0.1, 0.15) is 0 Å². The Kier molecular flexibility index (Phi) is 11.7. The molecule has 1 aromatic heterocycles. The molecular weight excluding hydrogens is 533 g/mol. The molecule has 37 heavy (non-hydrogen) atoms. The quantitative estimate of drug-likeness (QED) is 0.474. The van der Waals surface area contributed by atoms with E-state index in [0.717, 1.165) is 55.8 Å². The summed E-state index contributed by atoms with van der Waals surface area (Å²) in [5.41, 5.74) is 4.75. The number of aromatic nitrogens is 2. The Hall–Kier alpha value is -1.81. The van der Waals surface area contributed by atoms with Crippen LogP contribution in [0.4, 0.5) is 5.69 Å². The average Bonchev–Trinajstić information content (AvgIpc) is 3.09. The number of carbonyl (C=O) groups excluding carboxylic acids is 1. The van der Waals surface area contributed by atoms with Crippen molar-refractivity contribution in [1.82, 2.24) is 20.0 Å². The third kappa shape index (κ3) is 8.87. The van der Waals surface area contributed by atoms with Gasteiger partial charge in [0.15, 0.2) is 0 Å². The van der Waals surface area contributed by atoms with Gasteiger partial charge in [0.05, 0.1) is 17.6 Å². The van der Waals surface area contributed by atoms with Crippen molar-refractivity contribution in [2.75, 3.05) is 24.1 Å². The molecule has 8 nitrogen and oxygen atoms in total. The minimum atomic E-state index is -3.30. The van der Waals surface area contributed by atoms with Crippen molar-refractivity contribution >= 4 is 46.4 Å². The van der Waals surface area contributed by atoms with E-state index in [1.165, 1.54) is 37.7 Å². The summed E-state index contributed by atoms with van der Waals surface area (Å²) in [6.07, 6.45) is 10.1. The predicted molar refractivity (Wildman–Crippen MR) is 154 cm³/mol. The highest BCUT2D eigenvalue weighted by Crippen LogP contribution is 2.27. The van der Waals surface area contributed by atoms with E-state index in [4.69, 9.17) is 5.10 Å². The zero-order valence-corrected chi connectivity index (χ0v) is 24.5. The molecule has 1 aromatic carbocycles. The second kappa shape index (κ2) is 13.8. The van der Waals surface area contributed by atoms with Crippen LogP contribution in [0, 0.1) is 19.8 Å². The van der Waals surface area contributed by atoms with Crippen LogP contribution >= 0.6 is 24.8 Å². The van der Waals surface area contributed by atoms with Gasteiger partial charge in [-0.05, 0) is 69.7 Å². The number of nitrogens with one attached hydrogen (secondary N) is 2. The molecule has 0 unspecified atom stereocenters. The Bertz CT molecular complexity index is 1120. The molecule has 1 saturated carbocycles. The largest absolute Gasteiger partial charge is 0.353 e. The first-order valence-corrected chi connectivity index (χ1v) is 14.7. The number of nitrogens with zero attached hydrogens (tertiary/aromatic N) is 3. The number of sulfonamides is 1. The lowest BCUT2D eigenvalue weighted by molar-refractivity contribution is -0.123. The Labute approximate surface area is 233 Å². The molecule has 4 rings (SSSR count). The Morgan fingerprint density at radius 3 is 2.22 bits per heavy atom. The van der Waals surface area contributed by atoms with E-state index >= 15 is 0 Å². The zero-order chi connectivity index (χ0) is 25.0. The molecule has 0 bridgehead atoms. The first-order chi connectivity index (χ1) is 16.7. The summed E-state index contributed by atoms with van der Waals surface area (Å²) in [4.78, 5) is 14.9. The van der Waals surface area contributed by atoms with Gasteiger partial charge in [0.2, 0.25) is 15.9 Å². The van der Waals surface area contributed by atoms with Gasteiger partial charge in [-0.1, -0.05) is 19.3 Å². The number of rotatable bonds is 8. The normalized spacial score (nSPS) is 17.5. The molecule has 0 radical (unpaired) electrons. The van der Waals surface area contributed by atoms with Crippen molar-refractivity contribution in [3.05, 3.63) is 41.2 Å². The van der Waals surface area contributed by atoms with Crippen LogP contribution in [0.5, 0.6) is 0 Å². The summed E-state index contributed by atoms with van der Waals surface area (Å²) in [5.74, 6) is 0.819. The third-order valence-corrected chi connectivity index (χ3v) is 8.00. The molecule has 2 fully saturated rings. The molecule has 2 N–H and O–H groups in total. The lowest BCUT2D eigenvalue weighted by Gasteiger charge is -2.33. The number of likely N-dealkylation sites (tertiary alicyclic amines) is 1. The second-order valence-corrected chi connectivity index (χ2v) is 12.1. The summed E-state index contributed by atoms with van der Waals surface area (Å²) in [6.45, 7) is 6.88. The van der Waals surface area contributed by atoms with E-state index in [9.17, 15) is 13.2 Å². The summed E-state index contributed by atoms with van der Waals surface area (Å²) in [7, 11) is -3.30. The fourth-order valence-electron chi connectivity index (χ4n) is 5.44. The Balaban J connectivity index is 0.00000241. The topological polar surface area (TPSA) is 96.3 Å².